The fourth-order valence-corrected chi connectivity index (χ4v) is 4.52. The number of anilines is 2. The molecule has 2 aliphatic heterocycles. The number of rotatable bonds is 5. The van der Waals surface area contributed by atoms with E-state index in [1.54, 1.807) is 19.1 Å². The summed E-state index contributed by atoms with van der Waals surface area (Å²) >= 11 is 0. The van der Waals surface area contributed by atoms with E-state index in [0.29, 0.717) is 34.9 Å². The van der Waals surface area contributed by atoms with Crippen molar-refractivity contribution in [3.63, 3.8) is 0 Å². The van der Waals surface area contributed by atoms with Crippen LogP contribution in [0.5, 0.6) is 0 Å². The number of benzene rings is 3. The Morgan fingerprint density at radius 2 is 1.79 bits per heavy atom. The molecule has 0 saturated heterocycles. The van der Waals surface area contributed by atoms with Crippen LogP contribution < -0.4 is 15.8 Å². The number of nitrogens with zero attached hydrogens (tertiary/aromatic N) is 4. The molecule has 0 spiro atoms. The van der Waals surface area contributed by atoms with Gasteiger partial charge in [0.05, 0.1) is 11.4 Å². The standard InChI is InChI=1S/C28H22FN7O2/c1-16(33-34-25-21-7-3-5-9-23(21)32-27(25)37)26-31-24(14-17-15-30-22-8-4-2-6-20(17)22)28(38)36(35-26)19-12-10-18(29)11-13-19/h2-13,15,24,30H,14H2,1H3,(H,31,35)(H,32,34,37)/b33-16-. The van der Waals surface area contributed by atoms with Crippen molar-refractivity contribution in [2.45, 2.75) is 19.4 Å². The number of H-pyrrole nitrogens is 1. The number of halogens is 1. The van der Waals surface area contributed by atoms with Crippen molar-refractivity contribution < 1.29 is 14.0 Å². The molecule has 188 valence electrons. The van der Waals surface area contributed by atoms with Crippen molar-refractivity contribution in [3.8, 4) is 0 Å². The van der Waals surface area contributed by atoms with Crippen LogP contribution in [0.25, 0.3) is 10.9 Å². The number of nitrogens with one attached hydrogen (secondary N) is 3. The lowest BCUT2D eigenvalue weighted by Crippen LogP contribution is -2.57. The Bertz CT molecular complexity index is 1670. The van der Waals surface area contributed by atoms with Crippen LogP contribution in [0.3, 0.4) is 0 Å². The Balaban J connectivity index is 1.36. The predicted molar refractivity (Wildman–Crippen MR) is 145 cm³/mol. The number of hydrogen-bond donors (Lipinski definition) is 3. The fourth-order valence-electron chi connectivity index (χ4n) is 4.52. The summed E-state index contributed by atoms with van der Waals surface area (Å²) in [4.78, 5) is 33.8. The van der Waals surface area contributed by atoms with Gasteiger partial charge in [0.15, 0.2) is 11.5 Å². The van der Waals surface area contributed by atoms with Gasteiger partial charge in [-0.15, -0.1) is 5.10 Å². The largest absolute Gasteiger partial charge is 0.361 e. The van der Waals surface area contributed by atoms with E-state index in [2.05, 4.69) is 30.9 Å². The highest BCUT2D eigenvalue weighted by Gasteiger charge is 2.33. The molecule has 3 aromatic carbocycles. The van der Waals surface area contributed by atoms with Gasteiger partial charge in [-0.1, -0.05) is 36.4 Å². The molecule has 4 aromatic rings. The molecule has 10 heteroatoms. The van der Waals surface area contributed by atoms with E-state index in [0.717, 1.165) is 16.5 Å². The quantitative estimate of drug-likeness (QED) is 0.280. The topological polar surface area (TPSA) is 114 Å². The van der Waals surface area contributed by atoms with E-state index in [-0.39, 0.29) is 17.5 Å². The summed E-state index contributed by atoms with van der Waals surface area (Å²) in [6.45, 7) is 1.69. The van der Waals surface area contributed by atoms with Crippen molar-refractivity contribution in [3.05, 3.63) is 95.9 Å². The third kappa shape index (κ3) is 4.21. The number of fused-ring (bicyclic) bond motifs is 2. The molecule has 0 fully saturated rings. The number of carbonyl (C=O) groups excluding carboxylic acids is 2. The zero-order valence-electron chi connectivity index (χ0n) is 20.3. The van der Waals surface area contributed by atoms with E-state index in [1.807, 2.05) is 42.6 Å². The fraction of sp³-hybridized carbons (Fsp3) is 0.107. The molecule has 0 radical (unpaired) electrons. The number of hydrazine groups is 1. The third-order valence-corrected chi connectivity index (χ3v) is 6.47. The maximum atomic E-state index is 13.6. The van der Waals surface area contributed by atoms with Gasteiger partial charge in [0.2, 0.25) is 0 Å². The molecule has 0 bridgehead atoms. The molecule has 1 aromatic heterocycles. The zero-order chi connectivity index (χ0) is 26.2. The summed E-state index contributed by atoms with van der Waals surface area (Å²) in [6, 6.07) is 19.9. The molecule has 38 heavy (non-hydrogen) atoms. The van der Waals surface area contributed by atoms with Crippen LogP contribution in [0.15, 0.2) is 94.2 Å². The van der Waals surface area contributed by atoms with Crippen molar-refractivity contribution in [1.29, 1.82) is 0 Å². The minimum Gasteiger partial charge on any atom is -0.361 e. The molecule has 0 saturated carbocycles. The van der Waals surface area contributed by atoms with Crippen LogP contribution in [0.1, 0.15) is 18.1 Å². The van der Waals surface area contributed by atoms with Gasteiger partial charge in [-0.2, -0.15) is 5.10 Å². The predicted octanol–water partition coefficient (Wildman–Crippen LogP) is 3.99. The zero-order valence-corrected chi connectivity index (χ0v) is 20.3. The van der Waals surface area contributed by atoms with Crippen molar-refractivity contribution in [2.24, 2.45) is 15.2 Å². The highest BCUT2D eigenvalue weighted by atomic mass is 19.1. The third-order valence-electron chi connectivity index (χ3n) is 6.47. The Hall–Kier alpha value is -5.12. The monoisotopic (exact) mass is 507 g/mol. The van der Waals surface area contributed by atoms with Gasteiger partial charge in [0.1, 0.15) is 17.6 Å². The maximum Gasteiger partial charge on any atom is 0.276 e. The lowest BCUT2D eigenvalue weighted by Gasteiger charge is -2.32. The number of carbonyl (C=O) groups is 2. The smallest absolute Gasteiger partial charge is 0.276 e. The first-order chi connectivity index (χ1) is 18.5. The van der Waals surface area contributed by atoms with Gasteiger partial charge in [0.25, 0.3) is 11.8 Å². The van der Waals surface area contributed by atoms with E-state index in [9.17, 15) is 14.0 Å². The van der Waals surface area contributed by atoms with Gasteiger partial charge >= 0.3 is 0 Å². The van der Waals surface area contributed by atoms with Crippen LogP contribution in [0, 0.1) is 5.82 Å². The summed E-state index contributed by atoms with van der Waals surface area (Å²) < 4.78 is 13.6. The van der Waals surface area contributed by atoms with Crippen molar-refractivity contribution in [2.75, 3.05) is 10.3 Å². The highest BCUT2D eigenvalue weighted by molar-refractivity contribution is 6.54. The number of amides is 2. The van der Waals surface area contributed by atoms with Gasteiger partial charge in [0, 0.05) is 29.1 Å². The highest BCUT2D eigenvalue weighted by Crippen LogP contribution is 2.25. The Morgan fingerprint density at radius 3 is 2.63 bits per heavy atom. The molecule has 3 heterocycles. The number of amidine groups is 1. The van der Waals surface area contributed by atoms with Crippen LogP contribution in [-0.2, 0) is 16.0 Å². The first-order valence-corrected chi connectivity index (χ1v) is 12.0. The summed E-state index contributed by atoms with van der Waals surface area (Å²) in [7, 11) is 0. The van der Waals surface area contributed by atoms with E-state index >= 15 is 0 Å². The maximum absolute atomic E-state index is 13.6. The average molecular weight is 508 g/mol. The van der Waals surface area contributed by atoms with Gasteiger partial charge in [-0.25, -0.2) is 9.40 Å². The minimum atomic E-state index is -0.774. The SMILES string of the molecule is C/C(=N/N=C1\C(=O)Nc2ccccc21)C1=NC(Cc2c[nH]c3ccccc23)C(=O)N(c2ccc(F)cc2)N1. The van der Waals surface area contributed by atoms with Gasteiger partial charge in [-0.05, 0) is 48.9 Å². The normalized spacial score (nSPS) is 18.4. The molecule has 2 aliphatic rings. The summed E-state index contributed by atoms with van der Waals surface area (Å²) in [6.07, 6.45) is 2.21. The van der Waals surface area contributed by atoms with Crippen molar-refractivity contribution >= 4 is 51.4 Å². The number of para-hydroxylation sites is 2. The minimum absolute atomic E-state index is 0.193. The summed E-state index contributed by atoms with van der Waals surface area (Å²) in [5, 5.41) is 13.6. The molecule has 1 unspecified atom stereocenters. The molecule has 2 amide bonds. The van der Waals surface area contributed by atoms with Crippen LogP contribution in [-0.4, -0.2) is 40.1 Å². The summed E-state index contributed by atoms with van der Waals surface area (Å²) in [5.74, 6) is -0.739. The van der Waals surface area contributed by atoms with Gasteiger partial charge in [-0.3, -0.25) is 20.0 Å². The second kappa shape index (κ2) is 9.40. The van der Waals surface area contributed by atoms with Crippen molar-refractivity contribution in [1.82, 2.24) is 10.4 Å². The second-order valence-electron chi connectivity index (χ2n) is 8.95. The Kier molecular flexibility index (Phi) is 5.76. The second-order valence-corrected chi connectivity index (χ2v) is 8.95. The number of aliphatic imine (C=N–C) groups is 1. The first-order valence-electron chi connectivity index (χ1n) is 12.0. The van der Waals surface area contributed by atoms with Crippen LogP contribution in [0.4, 0.5) is 15.8 Å². The Morgan fingerprint density at radius 1 is 1.03 bits per heavy atom. The molecule has 1 atom stereocenters. The van der Waals surface area contributed by atoms with Gasteiger partial charge < -0.3 is 10.3 Å². The summed E-state index contributed by atoms with van der Waals surface area (Å²) in [5.41, 5.74) is 7.25. The van der Waals surface area contributed by atoms with Crippen LogP contribution in [0.2, 0.25) is 0 Å². The molecule has 0 aliphatic carbocycles. The van der Waals surface area contributed by atoms with E-state index in [4.69, 9.17) is 0 Å². The molecule has 6 rings (SSSR count). The molecular formula is C28H22FN7O2. The lowest BCUT2D eigenvalue weighted by atomic mass is 10.0. The van der Waals surface area contributed by atoms with Crippen LogP contribution >= 0.6 is 0 Å². The van der Waals surface area contributed by atoms with E-state index in [1.165, 1.54) is 29.3 Å². The number of aromatic amines is 1. The molecule has 3 N–H and O–H groups in total. The first kappa shape index (κ1) is 23.3. The average Bonchev–Trinajstić information content (AvgIpc) is 3.48. The number of aromatic nitrogens is 1. The Labute approximate surface area is 216 Å². The number of hydrogen-bond acceptors (Lipinski definition) is 6. The molecule has 9 nitrogen and oxygen atoms in total. The lowest BCUT2D eigenvalue weighted by molar-refractivity contribution is -0.120. The molecular weight excluding hydrogens is 485 g/mol. The van der Waals surface area contributed by atoms with E-state index < -0.39 is 11.9 Å².